The number of para-hydroxylation sites is 1. The number of amides is 1. The molecule has 0 aliphatic carbocycles. The van der Waals surface area contributed by atoms with Gasteiger partial charge in [-0.25, -0.2) is 0 Å². The third kappa shape index (κ3) is 5.61. The number of aldehydes is 1. The van der Waals surface area contributed by atoms with E-state index in [-0.39, 0.29) is 18.2 Å². The van der Waals surface area contributed by atoms with Gasteiger partial charge >= 0.3 is 0 Å². The molecule has 0 fully saturated rings. The molecular formula is C17H17N3O5. The quantitative estimate of drug-likeness (QED) is 0.312. The Labute approximate surface area is 144 Å². The molecule has 0 heterocycles. The Morgan fingerprint density at radius 2 is 1.84 bits per heavy atom. The molecule has 0 unspecified atom stereocenters. The highest BCUT2D eigenvalue weighted by atomic mass is 16.6. The number of nitro groups is 1. The molecule has 0 aromatic heterocycles. The van der Waals surface area contributed by atoms with Gasteiger partial charge < -0.3 is 15.4 Å². The molecule has 0 bridgehead atoms. The van der Waals surface area contributed by atoms with Gasteiger partial charge in [0.1, 0.15) is 5.75 Å². The fraction of sp³-hybridized carbons (Fsp3) is 0.176. The van der Waals surface area contributed by atoms with Crippen molar-refractivity contribution in [2.45, 2.75) is 0 Å². The van der Waals surface area contributed by atoms with Gasteiger partial charge in [0.15, 0.2) is 12.9 Å². The van der Waals surface area contributed by atoms with Crippen LogP contribution in [0.1, 0.15) is 10.4 Å². The minimum absolute atomic E-state index is 0.0200. The normalized spacial score (nSPS) is 9.92. The summed E-state index contributed by atoms with van der Waals surface area (Å²) in [4.78, 5) is 32.7. The molecule has 130 valence electrons. The molecule has 0 saturated heterocycles. The van der Waals surface area contributed by atoms with Gasteiger partial charge in [-0.1, -0.05) is 12.1 Å². The van der Waals surface area contributed by atoms with Crippen molar-refractivity contribution >= 4 is 23.6 Å². The van der Waals surface area contributed by atoms with Crippen molar-refractivity contribution in [3.8, 4) is 5.75 Å². The van der Waals surface area contributed by atoms with Crippen LogP contribution in [0.5, 0.6) is 5.75 Å². The number of carbonyl (C=O) groups excluding carboxylic acids is 2. The van der Waals surface area contributed by atoms with Crippen molar-refractivity contribution < 1.29 is 19.2 Å². The van der Waals surface area contributed by atoms with E-state index in [1.807, 2.05) is 0 Å². The summed E-state index contributed by atoms with van der Waals surface area (Å²) in [6, 6.07) is 12.6. The Bertz CT molecular complexity index is 746. The van der Waals surface area contributed by atoms with Crippen molar-refractivity contribution in [1.82, 2.24) is 5.32 Å². The lowest BCUT2D eigenvalue weighted by Crippen LogP contribution is -2.32. The number of carbonyl (C=O) groups is 2. The van der Waals surface area contributed by atoms with Crippen molar-refractivity contribution in [2.75, 3.05) is 25.0 Å². The minimum atomic E-state index is -0.466. The highest BCUT2D eigenvalue weighted by molar-refractivity contribution is 5.80. The number of nitrogens with one attached hydrogen (secondary N) is 2. The lowest BCUT2D eigenvalue weighted by molar-refractivity contribution is -0.384. The smallest absolute Gasteiger partial charge is 0.269 e. The van der Waals surface area contributed by atoms with Gasteiger partial charge in [0.25, 0.3) is 11.6 Å². The predicted molar refractivity (Wildman–Crippen MR) is 91.9 cm³/mol. The van der Waals surface area contributed by atoms with Gasteiger partial charge in [0.05, 0.1) is 10.5 Å². The van der Waals surface area contributed by atoms with Crippen LogP contribution in [0.3, 0.4) is 0 Å². The number of anilines is 1. The van der Waals surface area contributed by atoms with Crippen LogP contribution in [0.25, 0.3) is 0 Å². The third-order valence-electron chi connectivity index (χ3n) is 3.26. The molecule has 0 aliphatic rings. The number of nitrogens with zero attached hydrogens (tertiary/aromatic N) is 1. The molecule has 25 heavy (non-hydrogen) atoms. The molecule has 2 N–H and O–H groups in total. The fourth-order valence-electron chi connectivity index (χ4n) is 2.01. The van der Waals surface area contributed by atoms with Gasteiger partial charge in [0.2, 0.25) is 0 Å². The molecule has 2 aromatic carbocycles. The summed E-state index contributed by atoms with van der Waals surface area (Å²) in [5.74, 6) is 0.0443. The van der Waals surface area contributed by atoms with E-state index in [9.17, 15) is 19.7 Å². The van der Waals surface area contributed by atoms with Crippen LogP contribution in [0.15, 0.2) is 48.5 Å². The molecule has 0 aliphatic heterocycles. The summed E-state index contributed by atoms with van der Waals surface area (Å²) < 4.78 is 5.31. The lowest BCUT2D eigenvalue weighted by atomic mass is 10.2. The molecule has 1 amide bonds. The van der Waals surface area contributed by atoms with Crippen molar-refractivity contribution in [3.63, 3.8) is 0 Å². The van der Waals surface area contributed by atoms with E-state index in [4.69, 9.17) is 4.74 Å². The second kappa shape index (κ2) is 9.02. The number of nitro benzene ring substituents is 1. The summed E-state index contributed by atoms with van der Waals surface area (Å²) >= 11 is 0. The Kier molecular flexibility index (Phi) is 6.47. The third-order valence-corrected chi connectivity index (χ3v) is 3.26. The van der Waals surface area contributed by atoms with E-state index in [0.29, 0.717) is 30.7 Å². The van der Waals surface area contributed by atoms with E-state index in [0.717, 1.165) is 5.69 Å². The fourth-order valence-corrected chi connectivity index (χ4v) is 2.01. The van der Waals surface area contributed by atoms with Crippen LogP contribution in [0.2, 0.25) is 0 Å². The van der Waals surface area contributed by atoms with Crippen LogP contribution >= 0.6 is 0 Å². The highest BCUT2D eigenvalue weighted by Crippen LogP contribution is 2.15. The topological polar surface area (TPSA) is 111 Å². The number of hydrogen-bond donors (Lipinski definition) is 2. The van der Waals surface area contributed by atoms with Crippen LogP contribution in [-0.2, 0) is 4.79 Å². The number of hydrogen-bond acceptors (Lipinski definition) is 6. The Morgan fingerprint density at radius 3 is 2.52 bits per heavy atom. The van der Waals surface area contributed by atoms with E-state index in [2.05, 4.69) is 10.6 Å². The van der Waals surface area contributed by atoms with E-state index < -0.39 is 4.92 Å². The molecule has 8 heteroatoms. The number of ether oxygens (including phenoxy) is 1. The average molecular weight is 343 g/mol. The van der Waals surface area contributed by atoms with Crippen LogP contribution in [0.4, 0.5) is 11.4 Å². The minimum Gasteiger partial charge on any atom is -0.483 e. The summed E-state index contributed by atoms with van der Waals surface area (Å²) in [6.45, 7) is 0.616. The first-order chi connectivity index (χ1) is 12.1. The Morgan fingerprint density at radius 1 is 1.12 bits per heavy atom. The molecule has 0 radical (unpaired) electrons. The Hall–Kier alpha value is -3.42. The highest BCUT2D eigenvalue weighted by Gasteiger charge is 2.06. The molecule has 0 saturated carbocycles. The molecular weight excluding hydrogens is 326 g/mol. The predicted octanol–water partition coefficient (Wildman–Crippen LogP) is 2.01. The summed E-state index contributed by atoms with van der Waals surface area (Å²) in [6.07, 6.45) is 0.668. The van der Waals surface area contributed by atoms with Crippen molar-refractivity contribution in [1.29, 1.82) is 0 Å². The summed E-state index contributed by atoms with van der Waals surface area (Å²) in [7, 11) is 0. The first-order valence-electron chi connectivity index (χ1n) is 7.52. The zero-order valence-electron chi connectivity index (χ0n) is 13.3. The summed E-state index contributed by atoms with van der Waals surface area (Å²) in [5.41, 5.74) is 1.12. The number of non-ortho nitro benzene ring substituents is 1. The SMILES string of the molecule is O=Cc1ccccc1OCC(=O)NCCNc1ccc([N+](=O)[O-])cc1. The van der Waals surface area contributed by atoms with Gasteiger partial charge in [0, 0.05) is 30.9 Å². The van der Waals surface area contributed by atoms with Gasteiger partial charge in [-0.05, 0) is 24.3 Å². The second-order valence-electron chi connectivity index (χ2n) is 5.03. The molecule has 8 nitrogen and oxygen atoms in total. The van der Waals surface area contributed by atoms with Gasteiger partial charge in [-0.3, -0.25) is 19.7 Å². The van der Waals surface area contributed by atoms with Crippen LogP contribution < -0.4 is 15.4 Å². The molecule has 2 aromatic rings. The van der Waals surface area contributed by atoms with Crippen molar-refractivity contribution in [3.05, 3.63) is 64.2 Å². The monoisotopic (exact) mass is 343 g/mol. The Balaban J connectivity index is 1.68. The second-order valence-corrected chi connectivity index (χ2v) is 5.03. The van der Waals surface area contributed by atoms with Gasteiger partial charge in [-0.2, -0.15) is 0 Å². The standard InChI is InChI=1S/C17H17N3O5/c21-11-13-3-1-2-4-16(13)25-12-17(22)19-10-9-18-14-5-7-15(8-6-14)20(23)24/h1-8,11,18H,9-10,12H2,(H,19,22). The lowest BCUT2D eigenvalue weighted by Gasteiger charge is -2.10. The van der Waals surface area contributed by atoms with E-state index in [1.165, 1.54) is 12.1 Å². The molecule has 0 atom stereocenters. The zero-order valence-corrected chi connectivity index (χ0v) is 13.3. The largest absolute Gasteiger partial charge is 0.483 e. The first-order valence-corrected chi connectivity index (χ1v) is 7.52. The maximum Gasteiger partial charge on any atom is 0.269 e. The number of benzene rings is 2. The maximum absolute atomic E-state index is 11.7. The van der Waals surface area contributed by atoms with E-state index in [1.54, 1.807) is 36.4 Å². The molecule has 0 spiro atoms. The average Bonchev–Trinajstić information content (AvgIpc) is 2.64. The number of rotatable bonds is 9. The van der Waals surface area contributed by atoms with Crippen molar-refractivity contribution in [2.24, 2.45) is 0 Å². The maximum atomic E-state index is 11.7. The van der Waals surface area contributed by atoms with Gasteiger partial charge in [-0.15, -0.1) is 0 Å². The van der Waals surface area contributed by atoms with E-state index >= 15 is 0 Å². The molecule has 2 rings (SSSR count). The van der Waals surface area contributed by atoms with Crippen LogP contribution in [0, 0.1) is 10.1 Å². The van der Waals surface area contributed by atoms with Crippen LogP contribution in [-0.4, -0.2) is 36.8 Å². The zero-order chi connectivity index (χ0) is 18.1. The summed E-state index contributed by atoms with van der Waals surface area (Å²) in [5, 5.41) is 16.3. The first kappa shape index (κ1) is 17.9.